The van der Waals surface area contributed by atoms with E-state index in [-0.39, 0.29) is 51.8 Å². The average molecular weight is 699 g/mol. The number of piperidine rings is 2. The zero-order valence-electron chi connectivity index (χ0n) is 30.8. The molecular formula is C41H50N2O8. The molecule has 0 aromatic heterocycles. The highest BCUT2D eigenvalue weighted by Crippen LogP contribution is 2.58. The van der Waals surface area contributed by atoms with Crippen LogP contribution >= 0.6 is 0 Å². The molecule has 0 amide bonds. The lowest BCUT2D eigenvalue weighted by Crippen LogP contribution is -2.62. The third-order valence-corrected chi connectivity index (χ3v) is 12.9. The van der Waals surface area contributed by atoms with Crippen LogP contribution in [-0.2, 0) is 47.5 Å². The maximum Gasteiger partial charge on any atom is 0.197 e. The van der Waals surface area contributed by atoms with E-state index >= 15 is 0 Å². The third-order valence-electron chi connectivity index (χ3n) is 12.9. The van der Waals surface area contributed by atoms with Crippen molar-refractivity contribution in [3.63, 3.8) is 0 Å². The summed E-state index contributed by atoms with van der Waals surface area (Å²) in [6, 6.07) is 8.55. The number of carbonyl (C=O) groups excluding carboxylic acids is 3. The number of phenols is 1. The second kappa shape index (κ2) is 13.1. The largest absolute Gasteiger partial charge is 0.504 e. The van der Waals surface area contributed by atoms with Crippen LogP contribution in [0.25, 0.3) is 0 Å². The Kier molecular flexibility index (Phi) is 9.07. The van der Waals surface area contributed by atoms with E-state index in [1.54, 1.807) is 35.4 Å². The highest BCUT2D eigenvalue weighted by atomic mass is 16.5. The molecule has 272 valence electrons. The fourth-order valence-corrected chi connectivity index (χ4v) is 10.8. The molecule has 10 nitrogen and oxygen atoms in total. The van der Waals surface area contributed by atoms with E-state index in [0.717, 1.165) is 61.2 Å². The molecule has 2 fully saturated rings. The van der Waals surface area contributed by atoms with Gasteiger partial charge in [0.05, 0.1) is 35.0 Å². The molecule has 4 bridgehead atoms. The number of hydrogen-bond acceptors (Lipinski definition) is 10. The van der Waals surface area contributed by atoms with Crippen LogP contribution in [0, 0.1) is 18.8 Å². The van der Waals surface area contributed by atoms with Gasteiger partial charge in [-0.15, -0.1) is 0 Å². The number of phenolic OH excluding ortho intramolecular Hbond substituents is 1. The van der Waals surface area contributed by atoms with Crippen molar-refractivity contribution < 1.29 is 38.4 Å². The van der Waals surface area contributed by atoms with Crippen molar-refractivity contribution in [3.05, 3.63) is 75.8 Å². The van der Waals surface area contributed by atoms with Gasteiger partial charge in [0, 0.05) is 53.2 Å². The van der Waals surface area contributed by atoms with E-state index in [9.17, 15) is 19.5 Å². The van der Waals surface area contributed by atoms with Crippen LogP contribution < -0.4 is 9.47 Å². The molecule has 2 heterocycles. The topological polar surface area (TPSA) is 115 Å². The Morgan fingerprint density at radius 3 is 1.90 bits per heavy atom. The van der Waals surface area contributed by atoms with Crippen molar-refractivity contribution in [2.75, 3.05) is 55.1 Å². The van der Waals surface area contributed by atoms with E-state index in [1.807, 2.05) is 30.4 Å². The van der Waals surface area contributed by atoms with Gasteiger partial charge in [-0.25, -0.2) is 0 Å². The van der Waals surface area contributed by atoms with Crippen molar-refractivity contribution >= 4 is 17.3 Å². The summed E-state index contributed by atoms with van der Waals surface area (Å²) >= 11 is 0. The Labute approximate surface area is 300 Å². The zero-order valence-corrected chi connectivity index (χ0v) is 30.8. The highest BCUT2D eigenvalue weighted by Gasteiger charge is 2.58. The normalized spacial score (nSPS) is 30.6. The van der Waals surface area contributed by atoms with Crippen LogP contribution in [0.5, 0.6) is 17.2 Å². The van der Waals surface area contributed by atoms with Gasteiger partial charge in [0.2, 0.25) is 0 Å². The van der Waals surface area contributed by atoms with Crippen molar-refractivity contribution in [3.8, 4) is 17.2 Å². The first kappa shape index (κ1) is 35.3. The van der Waals surface area contributed by atoms with Crippen molar-refractivity contribution in [1.82, 2.24) is 9.80 Å². The van der Waals surface area contributed by atoms with Crippen molar-refractivity contribution in [2.24, 2.45) is 11.8 Å². The number of benzene rings is 2. The molecule has 0 spiro atoms. The van der Waals surface area contributed by atoms with Gasteiger partial charge in [0.15, 0.2) is 34.6 Å². The number of allylic oxidation sites excluding steroid dienone is 2. The first-order valence-electron chi connectivity index (χ1n) is 18.0. The van der Waals surface area contributed by atoms with Crippen LogP contribution in [-0.4, -0.2) is 99.5 Å². The molecule has 6 aliphatic rings. The minimum absolute atomic E-state index is 0.0205. The molecule has 2 unspecified atom stereocenters. The van der Waals surface area contributed by atoms with E-state index in [2.05, 4.69) is 29.8 Å². The molecule has 8 rings (SSSR count). The number of hydrogen-bond donors (Lipinski definition) is 1. The van der Waals surface area contributed by atoms with Gasteiger partial charge >= 0.3 is 0 Å². The summed E-state index contributed by atoms with van der Waals surface area (Å²) in [5, 5.41) is 10.9. The molecule has 2 aliphatic heterocycles. The molecule has 2 aromatic rings. The van der Waals surface area contributed by atoms with Gasteiger partial charge in [-0.2, -0.15) is 0 Å². The minimum atomic E-state index is -0.359. The molecule has 2 aromatic carbocycles. The number of carbonyl (C=O) groups is 3. The van der Waals surface area contributed by atoms with E-state index < -0.39 is 0 Å². The quantitative estimate of drug-likeness (QED) is 0.460. The molecule has 51 heavy (non-hydrogen) atoms. The fraction of sp³-hybridized carbons (Fsp3) is 0.537. The number of likely N-dealkylation sites (tertiary alicyclic amines) is 2. The lowest BCUT2D eigenvalue weighted by Gasteiger charge is -2.57. The number of nitrogens with zero attached hydrogens (tertiary/aromatic N) is 2. The van der Waals surface area contributed by atoms with E-state index in [4.69, 9.17) is 18.9 Å². The number of likely N-dealkylation sites (N-methyl/N-ethyl adjacent to an activating group) is 1. The molecule has 1 N–H and O–H groups in total. The Morgan fingerprint density at radius 2 is 1.31 bits per heavy atom. The first-order valence-corrected chi connectivity index (χ1v) is 18.0. The minimum Gasteiger partial charge on any atom is -0.504 e. The second-order valence-electron chi connectivity index (χ2n) is 15.3. The van der Waals surface area contributed by atoms with Crippen LogP contribution in [0.15, 0.2) is 47.9 Å². The summed E-state index contributed by atoms with van der Waals surface area (Å²) in [7, 11) is 8.51. The molecule has 6 atom stereocenters. The van der Waals surface area contributed by atoms with Crippen molar-refractivity contribution in [1.29, 1.82) is 0 Å². The molecule has 2 saturated heterocycles. The van der Waals surface area contributed by atoms with Gasteiger partial charge in [-0.3, -0.25) is 19.3 Å². The summed E-state index contributed by atoms with van der Waals surface area (Å²) in [5.41, 5.74) is 5.15. The standard InChI is InChI=1S/C22H27NO4.C19H23NO4/c1-13(24)12-23-8-7-22-11-18(25)20(27-4)10-16(22)17(23)9-15-5-6-19(26-3)14(2)21(15)22;1-20-7-6-19-10-14(21)16(24-3)9-12(19)13(20)8-11-4-5-15(23-2)18(22)17(11)19/h5-6,10,16-17H,7-9,11-12H2,1-4H3;4-5,9,12-13,22H,6-8,10H2,1-3H3/t16?,17-,22+;12?,13-,19+/m00/s1. The molecule has 10 heteroatoms. The summed E-state index contributed by atoms with van der Waals surface area (Å²) < 4.78 is 21.6. The number of rotatable bonds is 6. The average Bonchev–Trinajstić information content (AvgIpc) is 3.10. The Morgan fingerprint density at radius 1 is 0.784 bits per heavy atom. The summed E-state index contributed by atoms with van der Waals surface area (Å²) in [6.07, 6.45) is 8.31. The monoisotopic (exact) mass is 698 g/mol. The maximum absolute atomic E-state index is 12.8. The Balaban J connectivity index is 0.000000160. The van der Waals surface area contributed by atoms with Crippen LogP contribution in [0.4, 0.5) is 0 Å². The highest BCUT2D eigenvalue weighted by molar-refractivity contribution is 5.97. The Hall–Kier alpha value is -4.15. The number of ether oxygens (including phenoxy) is 4. The number of methoxy groups -OCH3 is 4. The second-order valence-corrected chi connectivity index (χ2v) is 15.3. The predicted octanol–water partition coefficient (Wildman–Crippen LogP) is 4.60. The Bertz CT molecular complexity index is 1850. The number of Topliss-reactive ketones (excluding diaryl/α,β-unsaturated/α-hetero) is 3. The smallest absolute Gasteiger partial charge is 0.197 e. The van der Waals surface area contributed by atoms with Gasteiger partial charge in [-0.1, -0.05) is 12.1 Å². The van der Waals surface area contributed by atoms with E-state index in [1.165, 1.54) is 11.1 Å². The zero-order chi connectivity index (χ0) is 36.4. The van der Waals surface area contributed by atoms with Gasteiger partial charge in [0.1, 0.15) is 11.5 Å². The van der Waals surface area contributed by atoms with Crippen LogP contribution in [0.3, 0.4) is 0 Å². The number of ketones is 3. The lowest BCUT2D eigenvalue weighted by molar-refractivity contribution is -0.125. The maximum atomic E-state index is 12.8. The van der Waals surface area contributed by atoms with Crippen LogP contribution in [0.1, 0.15) is 60.4 Å². The number of aromatic hydroxyl groups is 1. The molecule has 4 aliphatic carbocycles. The van der Waals surface area contributed by atoms with Crippen LogP contribution in [0.2, 0.25) is 0 Å². The third kappa shape index (κ3) is 5.39. The molecule has 0 radical (unpaired) electrons. The number of fused-ring (bicyclic) bond motifs is 2. The first-order chi connectivity index (χ1) is 24.4. The summed E-state index contributed by atoms with van der Waals surface area (Å²) in [6.45, 7) is 5.97. The van der Waals surface area contributed by atoms with Gasteiger partial charge in [-0.05, 0) is 106 Å². The molecular weight excluding hydrogens is 648 g/mol. The summed E-state index contributed by atoms with van der Waals surface area (Å²) in [4.78, 5) is 41.9. The summed E-state index contributed by atoms with van der Waals surface area (Å²) in [5.74, 6) is 3.08. The predicted molar refractivity (Wildman–Crippen MR) is 191 cm³/mol. The van der Waals surface area contributed by atoms with Gasteiger partial charge in [0.25, 0.3) is 0 Å². The SMILES string of the molecule is COC1=CC2[C@@H]3Cc4ccc(OC)c(C)c4[C@]2(CCN3CC(C)=O)CC1=O.COC1=CC2[C@@H]3Cc4ccc(OC)c(O)c4[C@]2(CCN3C)CC1=O. The van der Waals surface area contributed by atoms with Crippen molar-refractivity contribution in [2.45, 2.75) is 75.3 Å². The van der Waals surface area contributed by atoms with E-state index in [0.29, 0.717) is 42.7 Å². The lowest BCUT2D eigenvalue weighted by atomic mass is 9.53. The fourth-order valence-electron chi connectivity index (χ4n) is 10.8. The van der Waals surface area contributed by atoms with Gasteiger partial charge < -0.3 is 29.0 Å². The molecule has 0 saturated carbocycles.